The minimum atomic E-state index is -0.0929. The highest BCUT2D eigenvalue weighted by atomic mass is 16.5. The molecule has 6 heteroatoms. The fraction of sp³-hybridized carbons (Fsp3) is 0.333. The molecule has 6 nitrogen and oxygen atoms in total. The molecule has 4 rings (SSSR count). The number of quaternary nitrogens is 2. The predicted octanol–water partition coefficient (Wildman–Crippen LogP) is 0.961. The number of para-hydroxylation sites is 1. The van der Waals surface area contributed by atoms with E-state index >= 15 is 0 Å². The molecule has 0 spiro atoms. The minimum absolute atomic E-state index is 0.0731. The third-order valence-corrected chi connectivity index (χ3v) is 5.98. The van der Waals surface area contributed by atoms with Crippen LogP contribution < -0.4 is 15.1 Å². The van der Waals surface area contributed by atoms with Crippen molar-refractivity contribution in [3.63, 3.8) is 0 Å². The van der Waals surface area contributed by atoms with Gasteiger partial charge in [0.05, 0.1) is 0 Å². The van der Waals surface area contributed by atoms with Crippen molar-refractivity contribution in [1.82, 2.24) is 5.16 Å². The first-order chi connectivity index (χ1) is 14.6. The largest absolute Gasteiger partial charge is 0.361 e. The Kier molecular flexibility index (Phi) is 6.26. The predicted molar refractivity (Wildman–Crippen MR) is 116 cm³/mol. The fourth-order valence-electron chi connectivity index (χ4n) is 4.18. The third kappa shape index (κ3) is 4.78. The molecule has 1 aliphatic rings. The zero-order valence-corrected chi connectivity index (χ0v) is 17.7. The van der Waals surface area contributed by atoms with E-state index in [1.165, 1.54) is 9.80 Å². The van der Waals surface area contributed by atoms with Crippen LogP contribution in [0.15, 0.2) is 65.2 Å². The molecule has 0 radical (unpaired) electrons. The highest BCUT2D eigenvalue weighted by Gasteiger charge is 2.31. The fourth-order valence-corrected chi connectivity index (χ4v) is 4.18. The van der Waals surface area contributed by atoms with Crippen molar-refractivity contribution in [2.24, 2.45) is 0 Å². The van der Waals surface area contributed by atoms with Crippen molar-refractivity contribution in [2.75, 3.05) is 31.5 Å². The molecule has 1 saturated heterocycles. The van der Waals surface area contributed by atoms with E-state index in [9.17, 15) is 4.79 Å². The molecule has 156 valence electrons. The van der Waals surface area contributed by atoms with Gasteiger partial charge in [0, 0.05) is 17.3 Å². The Labute approximate surface area is 177 Å². The van der Waals surface area contributed by atoms with E-state index in [-0.39, 0.29) is 11.9 Å². The molecule has 0 unspecified atom stereocenters. The molecule has 1 aromatic heterocycles. The number of aryl methyl sites for hydroxylation is 1. The summed E-state index contributed by atoms with van der Waals surface area (Å²) in [4.78, 5) is 15.8. The van der Waals surface area contributed by atoms with Gasteiger partial charge in [-0.1, -0.05) is 53.7 Å². The molecular formula is C24H30N4O2+2. The second kappa shape index (κ2) is 9.24. The summed E-state index contributed by atoms with van der Waals surface area (Å²) in [7, 11) is 0. The molecule has 2 aromatic carbocycles. The smallest absolute Gasteiger partial charge is 0.282 e. The number of piperazine rings is 1. The number of carbonyl (C=O) groups is 1. The summed E-state index contributed by atoms with van der Waals surface area (Å²) in [5.74, 6) is 0.929. The Bertz CT molecular complexity index is 978. The standard InChI is InChI=1S/C24H28N4O2/c1-18-16-21(26-30-18)17-27-12-14-28(15-13-27)19(2)24(29)25-23-11-7-6-10-22(23)20-8-4-3-5-9-20/h3-11,16,19H,12-15,17H2,1-2H3,(H,25,29)/p+2/t19-/m0/s1. The Hall–Kier alpha value is -2.96. The number of benzene rings is 2. The molecular weight excluding hydrogens is 376 g/mol. The number of anilines is 1. The number of hydrogen-bond acceptors (Lipinski definition) is 3. The summed E-state index contributed by atoms with van der Waals surface area (Å²) in [5, 5.41) is 7.28. The highest BCUT2D eigenvalue weighted by Crippen LogP contribution is 2.27. The Morgan fingerprint density at radius 1 is 1.07 bits per heavy atom. The van der Waals surface area contributed by atoms with Gasteiger partial charge in [0.15, 0.2) is 6.04 Å². The summed E-state index contributed by atoms with van der Waals surface area (Å²) in [6.07, 6.45) is 0. The molecule has 2 heterocycles. The van der Waals surface area contributed by atoms with Crippen LogP contribution in [0, 0.1) is 6.92 Å². The molecule has 0 bridgehead atoms. The Morgan fingerprint density at radius 3 is 2.47 bits per heavy atom. The van der Waals surface area contributed by atoms with E-state index in [0.29, 0.717) is 0 Å². The number of rotatable bonds is 6. The van der Waals surface area contributed by atoms with Crippen LogP contribution in [0.1, 0.15) is 18.4 Å². The van der Waals surface area contributed by atoms with Gasteiger partial charge >= 0.3 is 0 Å². The molecule has 30 heavy (non-hydrogen) atoms. The zero-order valence-electron chi connectivity index (χ0n) is 17.7. The number of amides is 1. The van der Waals surface area contributed by atoms with Crippen molar-refractivity contribution in [2.45, 2.75) is 26.4 Å². The van der Waals surface area contributed by atoms with Crippen LogP contribution in [-0.2, 0) is 11.3 Å². The Morgan fingerprint density at radius 2 is 1.77 bits per heavy atom. The lowest BCUT2D eigenvalue weighted by Gasteiger charge is -2.32. The molecule has 1 amide bonds. The van der Waals surface area contributed by atoms with Gasteiger partial charge in [-0.2, -0.15) is 0 Å². The normalized spacial score (nSPS) is 19.9. The lowest BCUT2D eigenvalue weighted by atomic mass is 10.0. The monoisotopic (exact) mass is 406 g/mol. The quantitative estimate of drug-likeness (QED) is 0.571. The number of hydrogen-bond donors (Lipinski definition) is 3. The van der Waals surface area contributed by atoms with E-state index < -0.39 is 0 Å². The number of carbonyl (C=O) groups excluding carboxylic acids is 1. The first-order valence-electron chi connectivity index (χ1n) is 10.7. The maximum atomic E-state index is 13.0. The molecule has 3 N–H and O–H groups in total. The van der Waals surface area contributed by atoms with Crippen molar-refractivity contribution < 1.29 is 19.1 Å². The molecule has 1 fully saturated rings. The van der Waals surface area contributed by atoms with Crippen LogP contribution >= 0.6 is 0 Å². The maximum absolute atomic E-state index is 13.0. The molecule has 3 aromatic rings. The van der Waals surface area contributed by atoms with Gasteiger partial charge in [0.2, 0.25) is 0 Å². The lowest BCUT2D eigenvalue weighted by Crippen LogP contribution is -3.29. The van der Waals surface area contributed by atoms with E-state index in [4.69, 9.17) is 4.52 Å². The molecule has 1 aliphatic heterocycles. The van der Waals surface area contributed by atoms with Crippen molar-refractivity contribution in [1.29, 1.82) is 0 Å². The summed E-state index contributed by atoms with van der Waals surface area (Å²) in [5.41, 5.74) is 4.03. The highest BCUT2D eigenvalue weighted by molar-refractivity contribution is 5.97. The SMILES string of the molecule is Cc1cc(C[NH+]2CC[NH+]([C@@H](C)C(=O)Nc3ccccc3-c3ccccc3)CC2)no1. The first-order valence-corrected chi connectivity index (χ1v) is 10.7. The minimum Gasteiger partial charge on any atom is -0.361 e. The average Bonchev–Trinajstić information content (AvgIpc) is 3.19. The van der Waals surface area contributed by atoms with Crippen LogP contribution in [0.5, 0.6) is 0 Å². The van der Waals surface area contributed by atoms with Gasteiger partial charge in [0.1, 0.15) is 44.2 Å². The van der Waals surface area contributed by atoms with Crippen molar-refractivity contribution >= 4 is 11.6 Å². The van der Waals surface area contributed by atoms with E-state index in [1.54, 1.807) is 0 Å². The van der Waals surface area contributed by atoms with Crippen molar-refractivity contribution in [3.05, 3.63) is 72.1 Å². The second-order valence-corrected chi connectivity index (χ2v) is 8.14. The van der Waals surface area contributed by atoms with Gasteiger partial charge in [-0.15, -0.1) is 0 Å². The van der Waals surface area contributed by atoms with Crippen LogP contribution in [0.2, 0.25) is 0 Å². The van der Waals surface area contributed by atoms with Crippen LogP contribution in [-0.4, -0.2) is 43.3 Å². The summed E-state index contributed by atoms with van der Waals surface area (Å²) in [6, 6.07) is 20.1. The van der Waals surface area contributed by atoms with Gasteiger partial charge in [-0.3, -0.25) is 4.79 Å². The Balaban J connectivity index is 1.35. The van der Waals surface area contributed by atoms with Crippen LogP contribution in [0.4, 0.5) is 5.69 Å². The van der Waals surface area contributed by atoms with E-state index in [2.05, 4.69) is 28.7 Å². The summed E-state index contributed by atoms with van der Waals surface area (Å²) >= 11 is 0. The van der Waals surface area contributed by atoms with E-state index in [0.717, 1.165) is 61.0 Å². The van der Waals surface area contributed by atoms with Gasteiger partial charge in [0.25, 0.3) is 5.91 Å². The van der Waals surface area contributed by atoms with E-state index in [1.807, 2.05) is 56.3 Å². The first kappa shape index (κ1) is 20.3. The van der Waals surface area contributed by atoms with Crippen LogP contribution in [0.25, 0.3) is 11.1 Å². The average molecular weight is 407 g/mol. The summed E-state index contributed by atoms with van der Waals surface area (Å²) in [6.45, 7) is 8.84. The molecule has 0 saturated carbocycles. The second-order valence-electron chi connectivity index (χ2n) is 8.14. The van der Waals surface area contributed by atoms with Crippen molar-refractivity contribution in [3.8, 4) is 11.1 Å². The van der Waals surface area contributed by atoms with Crippen LogP contribution in [0.3, 0.4) is 0 Å². The van der Waals surface area contributed by atoms with Gasteiger partial charge in [-0.25, -0.2) is 0 Å². The zero-order chi connectivity index (χ0) is 20.9. The van der Waals surface area contributed by atoms with Gasteiger partial charge in [-0.05, 0) is 25.5 Å². The summed E-state index contributed by atoms with van der Waals surface area (Å²) < 4.78 is 5.17. The maximum Gasteiger partial charge on any atom is 0.282 e. The van der Waals surface area contributed by atoms with Gasteiger partial charge < -0.3 is 19.6 Å². The lowest BCUT2D eigenvalue weighted by molar-refractivity contribution is -1.02. The number of nitrogens with one attached hydrogen (secondary N) is 3. The molecule has 1 atom stereocenters. The number of aromatic nitrogens is 1. The third-order valence-electron chi connectivity index (χ3n) is 5.98. The number of nitrogens with zero attached hydrogens (tertiary/aromatic N) is 1. The molecule has 0 aliphatic carbocycles. The topological polar surface area (TPSA) is 64.0 Å².